The summed E-state index contributed by atoms with van der Waals surface area (Å²) in [6, 6.07) is 10.1. The van der Waals surface area contributed by atoms with Gasteiger partial charge in [0.1, 0.15) is 11.6 Å². The van der Waals surface area contributed by atoms with Gasteiger partial charge in [0.25, 0.3) is 0 Å². The molecule has 2 aromatic rings. The minimum absolute atomic E-state index is 0.181. The monoisotopic (exact) mass is 289 g/mol. The van der Waals surface area contributed by atoms with Crippen LogP contribution in [0.4, 0.5) is 20.2 Å². The molecular formula is C16H13F2NO2. The molecule has 2 aromatic carbocycles. The number of aliphatic carboxylic acids is 1. The zero-order valence-corrected chi connectivity index (χ0v) is 11.3. The smallest absolute Gasteiger partial charge is 0.328 e. The first kappa shape index (κ1) is 14.7. The molecule has 108 valence electrons. The van der Waals surface area contributed by atoms with Gasteiger partial charge in [-0.3, -0.25) is 0 Å². The third kappa shape index (κ3) is 3.45. The summed E-state index contributed by atoms with van der Waals surface area (Å²) in [5, 5.41) is 8.68. The molecule has 0 amide bonds. The van der Waals surface area contributed by atoms with E-state index in [4.69, 9.17) is 5.11 Å². The second-order valence-electron chi connectivity index (χ2n) is 4.39. The molecule has 0 saturated heterocycles. The number of para-hydroxylation sites is 1. The van der Waals surface area contributed by atoms with Gasteiger partial charge < -0.3 is 10.0 Å². The van der Waals surface area contributed by atoms with Crippen LogP contribution in [-0.2, 0) is 4.79 Å². The fourth-order valence-corrected chi connectivity index (χ4v) is 2.00. The standard InChI is InChI=1S/C16H13F2NO2/c1-19(13-6-3-5-12(17)10-13)16-11(8-9-15(20)21)4-2-7-14(16)18/h2-10H,1H3,(H,20,21)/b9-8+. The average Bonchev–Trinajstić information content (AvgIpc) is 2.44. The number of hydrogen-bond acceptors (Lipinski definition) is 2. The fraction of sp³-hybridized carbons (Fsp3) is 0.0625. The first-order valence-corrected chi connectivity index (χ1v) is 6.18. The van der Waals surface area contributed by atoms with Gasteiger partial charge in [0, 0.05) is 24.4 Å². The molecule has 21 heavy (non-hydrogen) atoms. The molecule has 5 heteroatoms. The predicted molar refractivity (Wildman–Crippen MR) is 77.5 cm³/mol. The highest BCUT2D eigenvalue weighted by Crippen LogP contribution is 2.30. The Morgan fingerprint density at radius 3 is 2.57 bits per heavy atom. The molecule has 0 heterocycles. The summed E-state index contributed by atoms with van der Waals surface area (Å²) in [7, 11) is 1.59. The van der Waals surface area contributed by atoms with E-state index in [0.717, 1.165) is 6.08 Å². The molecule has 0 aliphatic carbocycles. The number of carboxylic acid groups (broad SMARTS) is 1. The van der Waals surface area contributed by atoms with Crippen molar-refractivity contribution >= 4 is 23.4 Å². The van der Waals surface area contributed by atoms with Crippen LogP contribution in [0, 0.1) is 11.6 Å². The maximum Gasteiger partial charge on any atom is 0.328 e. The quantitative estimate of drug-likeness (QED) is 0.870. The Hall–Kier alpha value is -2.69. The second-order valence-corrected chi connectivity index (χ2v) is 4.39. The van der Waals surface area contributed by atoms with Crippen molar-refractivity contribution in [3.8, 4) is 0 Å². The Kier molecular flexibility index (Phi) is 4.33. The van der Waals surface area contributed by atoms with Crippen molar-refractivity contribution in [2.75, 3.05) is 11.9 Å². The summed E-state index contributed by atoms with van der Waals surface area (Å²) in [4.78, 5) is 12.1. The molecule has 0 aliphatic rings. The molecule has 0 spiro atoms. The van der Waals surface area contributed by atoms with Gasteiger partial charge in [-0.15, -0.1) is 0 Å². The highest BCUT2D eigenvalue weighted by atomic mass is 19.1. The largest absolute Gasteiger partial charge is 0.478 e. The minimum atomic E-state index is -1.13. The Morgan fingerprint density at radius 1 is 1.19 bits per heavy atom. The van der Waals surface area contributed by atoms with Crippen LogP contribution in [0.1, 0.15) is 5.56 Å². The summed E-state index contributed by atoms with van der Waals surface area (Å²) < 4.78 is 27.4. The molecule has 0 radical (unpaired) electrons. The third-order valence-corrected chi connectivity index (χ3v) is 2.95. The van der Waals surface area contributed by atoms with E-state index in [1.54, 1.807) is 19.2 Å². The van der Waals surface area contributed by atoms with Crippen molar-refractivity contribution in [2.45, 2.75) is 0 Å². The van der Waals surface area contributed by atoms with Crippen LogP contribution in [0.15, 0.2) is 48.5 Å². The van der Waals surface area contributed by atoms with Gasteiger partial charge in [-0.1, -0.05) is 18.2 Å². The number of halogens is 2. The van der Waals surface area contributed by atoms with Crippen molar-refractivity contribution in [1.82, 2.24) is 0 Å². The van der Waals surface area contributed by atoms with Crippen molar-refractivity contribution in [3.05, 3.63) is 65.7 Å². The topological polar surface area (TPSA) is 40.5 Å². The molecule has 0 fully saturated rings. The number of benzene rings is 2. The lowest BCUT2D eigenvalue weighted by atomic mass is 10.1. The van der Waals surface area contributed by atoms with E-state index >= 15 is 0 Å². The summed E-state index contributed by atoms with van der Waals surface area (Å²) in [5.41, 5.74) is 1.04. The number of rotatable bonds is 4. The van der Waals surface area contributed by atoms with E-state index in [1.165, 1.54) is 41.3 Å². The van der Waals surface area contributed by atoms with Crippen LogP contribution in [0.5, 0.6) is 0 Å². The van der Waals surface area contributed by atoms with Crippen LogP contribution >= 0.6 is 0 Å². The zero-order chi connectivity index (χ0) is 15.4. The van der Waals surface area contributed by atoms with Crippen molar-refractivity contribution in [1.29, 1.82) is 0 Å². The fourth-order valence-electron chi connectivity index (χ4n) is 2.00. The molecule has 0 bridgehead atoms. The lowest BCUT2D eigenvalue weighted by molar-refractivity contribution is -0.131. The number of anilines is 2. The van der Waals surface area contributed by atoms with E-state index in [9.17, 15) is 13.6 Å². The van der Waals surface area contributed by atoms with Crippen LogP contribution in [0.3, 0.4) is 0 Å². The average molecular weight is 289 g/mol. The van der Waals surface area contributed by atoms with Gasteiger partial charge in [-0.2, -0.15) is 0 Å². The maximum atomic E-state index is 14.1. The van der Waals surface area contributed by atoms with E-state index in [2.05, 4.69) is 0 Å². The SMILES string of the molecule is CN(c1cccc(F)c1)c1c(F)cccc1/C=C/C(=O)O. The molecule has 0 aliphatic heterocycles. The Bertz CT molecular complexity index is 698. The zero-order valence-electron chi connectivity index (χ0n) is 11.3. The third-order valence-electron chi connectivity index (χ3n) is 2.95. The molecule has 0 aromatic heterocycles. The predicted octanol–water partition coefficient (Wildman–Crippen LogP) is 3.83. The molecule has 3 nitrogen and oxygen atoms in total. The number of hydrogen-bond donors (Lipinski definition) is 1. The summed E-state index contributed by atoms with van der Waals surface area (Å²) >= 11 is 0. The van der Waals surface area contributed by atoms with E-state index < -0.39 is 17.6 Å². The highest BCUT2D eigenvalue weighted by Gasteiger charge is 2.13. The van der Waals surface area contributed by atoms with Gasteiger partial charge in [0.2, 0.25) is 0 Å². The van der Waals surface area contributed by atoms with Crippen LogP contribution < -0.4 is 4.90 Å². The molecule has 0 atom stereocenters. The summed E-state index contributed by atoms with van der Waals surface area (Å²) in [5.74, 6) is -2.08. The van der Waals surface area contributed by atoms with Gasteiger partial charge in [-0.25, -0.2) is 13.6 Å². The van der Waals surface area contributed by atoms with E-state index in [-0.39, 0.29) is 5.69 Å². The van der Waals surface area contributed by atoms with Gasteiger partial charge in [-0.05, 0) is 30.3 Å². The lowest BCUT2D eigenvalue weighted by Crippen LogP contribution is -2.13. The molecular weight excluding hydrogens is 276 g/mol. The number of carbonyl (C=O) groups is 1. The Labute approximate surface area is 120 Å². The number of carboxylic acids is 1. The lowest BCUT2D eigenvalue weighted by Gasteiger charge is -2.22. The van der Waals surface area contributed by atoms with Crippen LogP contribution in [0.25, 0.3) is 6.08 Å². The van der Waals surface area contributed by atoms with Crippen LogP contribution in [-0.4, -0.2) is 18.1 Å². The van der Waals surface area contributed by atoms with Crippen molar-refractivity contribution in [3.63, 3.8) is 0 Å². The summed E-state index contributed by atoms with van der Waals surface area (Å²) in [6.45, 7) is 0. The van der Waals surface area contributed by atoms with E-state index in [1.807, 2.05) is 0 Å². The highest BCUT2D eigenvalue weighted by molar-refractivity contribution is 5.87. The minimum Gasteiger partial charge on any atom is -0.478 e. The molecule has 0 saturated carbocycles. The Morgan fingerprint density at radius 2 is 1.90 bits per heavy atom. The van der Waals surface area contributed by atoms with Crippen LogP contribution in [0.2, 0.25) is 0 Å². The Balaban J connectivity index is 2.49. The van der Waals surface area contributed by atoms with Gasteiger partial charge in [0.05, 0.1) is 5.69 Å². The molecule has 2 rings (SSSR count). The first-order valence-electron chi connectivity index (χ1n) is 6.18. The van der Waals surface area contributed by atoms with Crippen molar-refractivity contribution < 1.29 is 18.7 Å². The van der Waals surface area contributed by atoms with Crippen molar-refractivity contribution in [2.24, 2.45) is 0 Å². The molecule has 0 unspecified atom stereocenters. The first-order chi connectivity index (χ1) is 9.99. The summed E-state index contributed by atoms with van der Waals surface area (Å²) in [6.07, 6.45) is 2.23. The molecule has 1 N–H and O–H groups in total. The number of nitrogens with zero attached hydrogens (tertiary/aromatic N) is 1. The second kappa shape index (κ2) is 6.17. The van der Waals surface area contributed by atoms with E-state index in [0.29, 0.717) is 11.3 Å². The van der Waals surface area contributed by atoms with Gasteiger partial charge >= 0.3 is 5.97 Å². The maximum absolute atomic E-state index is 14.1. The normalized spacial score (nSPS) is 10.8. The van der Waals surface area contributed by atoms with Gasteiger partial charge in [0.15, 0.2) is 0 Å².